The van der Waals surface area contributed by atoms with E-state index in [1.165, 1.54) is 5.56 Å². The summed E-state index contributed by atoms with van der Waals surface area (Å²) in [4.78, 5) is 17.2. The van der Waals surface area contributed by atoms with E-state index < -0.39 is 0 Å². The summed E-state index contributed by atoms with van der Waals surface area (Å²) in [5.41, 5.74) is 3.30. The molecule has 1 amide bonds. The molecule has 30 heavy (non-hydrogen) atoms. The summed E-state index contributed by atoms with van der Waals surface area (Å²) in [5, 5.41) is 3.06. The molecule has 5 nitrogen and oxygen atoms in total. The SMILES string of the molecule is CCC(CC)C(=O)NCc1nc2ccccc2n1CCOc1ccc(C(C)C)cc1. The molecule has 160 valence electrons. The lowest BCUT2D eigenvalue weighted by atomic mass is 10.0. The van der Waals surface area contributed by atoms with Gasteiger partial charge in [0.25, 0.3) is 0 Å². The minimum Gasteiger partial charge on any atom is -0.492 e. The average Bonchev–Trinajstić information content (AvgIpc) is 3.11. The molecule has 1 aromatic heterocycles. The first-order valence-electron chi connectivity index (χ1n) is 11.0. The van der Waals surface area contributed by atoms with E-state index in [0.29, 0.717) is 25.6 Å². The van der Waals surface area contributed by atoms with Gasteiger partial charge in [-0.25, -0.2) is 4.98 Å². The molecule has 0 radical (unpaired) electrons. The lowest BCUT2D eigenvalue weighted by molar-refractivity contribution is -0.125. The van der Waals surface area contributed by atoms with Crippen molar-refractivity contribution < 1.29 is 9.53 Å². The fourth-order valence-corrected chi connectivity index (χ4v) is 3.68. The molecule has 0 bridgehead atoms. The van der Waals surface area contributed by atoms with Crippen molar-refractivity contribution in [2.75, 3.05) is 6.61 Å². The Bertz CT molecular complexity index is 956. The van der Waals surface area contributed by atoms with Crippen LogP contribution in [0.15, 0.2) is 48.5 Å². The maximum atomic E-state index is 12.4. The Morgan fingerprint density at radius 2 is 1.77 bits per heavy atom. The number of amides is 1. The number of aromatic nitrogens is 2. The van der Waals surface area contributed by atoms with Crippen LogP contribution >= 0.6 is 0 Å². The largest absolute Gasteiger partial charge is 0.492 e. The van der Waals surface area contributed by atoms with Crippen molar-refractivity contribution in [3.05, 3.63) is 59.9 Å². The normalized spacial score (nSPS) is 11.4. The molecule has 0 saturated heterocycles. The van der Waals surface area contributed by atoms with Gasteiger partial charge in [-0.05, 0) is 48.6 Å². The zero-order valence-corrected chi connectivity index (χ0v) is 18.5. The average molecular weight is 408 g/mol. The summed E-state index contributed by atoms with van der Waals surface area (Å²) in [5.74, 6) is 2.39. The van der Waals surface area contributed by atoms with Gasteiger partial charge >= 0.3 is 0 Å². The molecule has 1 N–H and O–H groups in total. The number of fused-ring (bicyclic) bond motifs is 1. The molecule has 3 rings (SSSR count). The maximum absolute atomic E-state index is 12.4. The molecule has 0 saturated carbocycles. The third-order valence-electron chi connectivity index (χ3n) is 5.64. The molecule has 1 heterocycles. The van der Waals surface area contributed by atoms with Crippen molar-refractivity contribution in [1.29, 1.82) is 0 Å². The monoisotopic (exact) mass is 407 g/mol. The van der Waals surface area contributed by atoms with Gasteiger partial charge in [0, 0.05) is 5.92 Å². The fraction of sp³-hybridized carbons (Fsp3) is 0.440. The summed E-state index contributed by atoms with van der Waals surface area (Å²) >= 11 is 0. The van der Waals surface area contributed by atoms with Gasteiger partial charge in [-0.3, -0.25) is 4.79 Å². The van der Waals surface area contributed by atoms with Crippen LogP contribution in [0, 0.1) is 5.92 Å². The molecule has 0 aliphatic rings. The fourth-order valence-electron chi connectivity index (χ4n) is 3.68. The van der Waals surface area contributed by atoms with E-state index in [1.54, 1.807) is 0 Å². The van der Waals surface area contributed by atoms with Crippen LogP contribution in [0.25, 0.3) is 11.0 Å². The number of hydrogen-bond acceptors (Lipinski definition) is 3. The molecular weight excluding hydrogens is 374 g/mol. The number of carbonyl (C=O) groups is 1. The highest BCUT2D eigenvalue weighted by Gasteiger charge is 2.16. The van der Waals surface area contributed by atoms with Crippen LogP contribution in [0.1, 0.15) is 57.8 Å². The van der Waals surface area contributed by atoms with Gasteiger partial charge in [-0.15, -0.1) is 0 Å². The van der Waals surface area contributed by atoms with E-state index in [2.05, 4.69) is 41.9 Å². The molecule has 3 aromatic rings. The predicted octanol–water partition coefficient (Wildman–Crippen LogP) is 5.29. The standard InChI is InChI=1S/C25H33N3O2/c1-5-19(6-2)25(29)26-17-24-27-22-9-7-8-10-23(22)28(24)15-16-30-21-13-11-20(12-14-21)18(3)4/h7-14,18-19H,5-6,15-17H2,1-4H3,(H,26,29). The molecule has 0 aliphatic heterocycles. The summed E-state index contributed by atoms with van der Waals surface area (Å²) in [6, 6.07) is 16.3. The number of carbonyl (C=O) groups excluding carboxylic acids is 1. The van der Waals surface area contributed by atoms with E-state index in [4.69, 9.17) is 9.72 Å². The highest BCUT2D eigenvalue weighted by atomic mass is 16.5. The van der Waals surface area contributed by atoms with E-state index >= 15 is 0 Å². The Balaban J connectivity index is 1.69. The van der Waals surface area contributed by atoms with Gasteiger partial charge in [0.1, 0.15) is 18.2 Å². The summed E-state index contributed by atoms with van der Waals surface area (Å²) in [6.45, 7) is 10.1. The Kier molecular flexibility index (Phi) is 7.50. The smallest absolute Gasteiger partial charge is 0.223 e. The van der Waals surface area contributed by atoms with Gasteiger partial charge in [-0.1, -0.05) is 52.0 Å². The lowest BCUT2D eigenvalue weighted by Gasteiger charge is -2.14. The van der Waals surface area contributed by atoms with Crippen LogP contribution in [-0.4, -0.2) is 22.1 Å². The Labute approximate surface area is 179 Å². The van der Waals surface area contributed by atoms with Crippen LogP contribution in [-0.2, 0) is 17.9 Å². The molecule has 5 heteroatoms. The highest BCUT2D eigenvalue weighted by Crippen LogP contribution is 2.20. The summed E-state index contributed by atoms with van der Waals surface area (Å²) in [6.07, 6.45) is 1.70. The Morgan fingerprint density at radius 3 is 2.43 bits per heavy atom. The third-order valence-corrected chi connectivity index (χ3v) is 5.64. The molecule has 0 atom stereocenters. The van der Waals surface area contributed by atoms with Crippen LogP contribution in [0.5, 0.6) is 5.75 Å². The second-order valence-corrected chi connectivity index (χ2v) is 7.97. The van der Waals surface area contributed by atoms with Gasteiger partial charge in [-0.2, -0.15) is 0 Å². The topological polar surface area (TPSA) is 56.2 Å². The van der Waals surface area contributed by atoms with E-state index in [1.807, 2.05) is 44.2 Å². The Morgan fingerprint density at radius 1 is 1.07 bits per heavy atom. The number of ether oxygens (including phenoxy) is 1. The van der Waals surface area contributed by atoms with Crippen molar-refractivity contribution in [3.8, 4) is 5.75 Å². The molecule has 0 aliphatic carbocycles. The van der Waals surface area contributed by atoms with E-state index in [9.17, 15) is 4.79 Å². The van der Waals surface area contributed by atoms with Crippen LogP contribution in [0.2, 0.25) is 0 Å². The highest BCUT2D eigenvalue weighted by molar-refractivity contribution is 5.79. The summed E-state index contributed by atoms with van der Waals surface area (Å²) in [7, 11) is 0. The third kappa shape index (κ3) is 5.21. The number of nitrogens with zero attached hydrogens (tertiary/aromatic N) is 2. The van der Waals surface area contributed by atoms with Crippen LogP contribution < -0.4 is 10.1 Å². The number of benzene rings is 2. The zero-order valence-electron chi connectivity index (χ0n) is 18.5. The van der Waals surface area contributed by atoms with Crippen molar-refractivity contribution in [2.45, 2.75) is 59.5 Å². The van der Waals surface area contributed by atoms with Crippen LogP contribution in [0.4, 0.5) is 0 Å². The van der Waals surface area contributed by atoms with E-state index in [-0.39, 0.29) is 11.8 Å². The first-order valence-corrected chi connectivity index (χ1v) is 11.0. The van der Waals surface area contributed by atoms with Crippen molar-refractivity contribution in [1.82, 2.24) is 14.9 Å². The Hall–Kier alpha value is -2.82. The number of para-hydroxylation sites is 2. The predicted molar refractivity (Wildman–Crippen MR) is 122 cm³/mol. The van der Waals surface area contributed by atoms with Crippen molar-refractivity contribution in [2.24, 2.45) is 5.92 Å². The molecule has 0 spiro atoms. The number of rotatable bonds is 10. The van der Waals surface area contributed by atoms with E-state index in [0.717, 1.165) is 35.4 Å². The number of hydrogen-bond donors (Lipinski definition) is 1. The molecule has 0 fully saturated rings. The van der Waals surface area contributed by atoms with Crippen molar-refractivity contribution >= 4 is 16.9 Å². The van der Waals surface area contributed by atoms with Crippen molar-refractivity contribution in [3.63, 3.8) is 0 Å². The van der Waals surface area contributed by atoms with Gasteiger partial charge in [0.2, 0.25) is 5.91 Å². The number of imidazole rings is 1. The van der Waals surface area contributed by atoms with Gasteiger partial charge in [0.15, 0.2) is 0 Å². The minimum atomic E-state index is 0.0555. The van der Waals surface area contributed by atoms with Crippen LogP contribution in [0.3, 0.4) is 0 Å². The summed E-state index contributed by atoms with van der Waals surface area (Å²) < 4.78 is 8.12. The molecular formula is C25H33N3O2. The van der Waals surface area contributed by atoms with Gasteiger partial charge in [0.05, 0.1) is 24.1 Å². The second-order valence-electron chi connectivity index (χ2n) is 7.97. The zero-order chi connectivity index (χ0) is 21.5. The molecule has 0 unspecified atom stereocenters. The second kappa shape index (κ2) is 10.3. The quantitative estimate of drug-likeness (QED) is 0.497. The maximum Gasteiger partial charge on any atom is 0.223 e. The van der Waals surface area contributed by atoms with Gasteiger partial charge < -0.3 is 14.6 Å². The first kappa shape index (κ1) is 21.9. The minimum absolute atomic E-state index is 0.0555. The first-order chi connectivity index (χ1) is 14.5. The lowest BCUT2D eigenvalue weighted by Crippen LogP contribution is -2.31. The molecule has 2 aromatic carbocycles. The number of nitrogens with one attached hydrogen (secondary N) is 1.